The molecule has 17 heavy (non-hydrogen) atoms. The van der Waals surface area contributed by atoms with Gasteiger partial charge in [0.2, 0.25) is 5.91 Å². The van der Waals surface area contributed by atoms with Crippen LogP contribution in [-0.2, 0) is 4.79 Å². The monoisotopic (exact) mass is 244 g/mol. The zero-order valence-corrected chi connectivity index (χ0v) is 10.5. The zero-order chi connectivity index (χ0) is 12.5. The second kappa shape index (κ2) is 4.19. The van der Waals surface area contributed by atoms with Crippen molar-refractivity contribution in [1.82, 2.24) is 4.98 Å². The molecule has 1 aromatic carbocycles. The molecule has 1 aromatic heterocycles. The van der Waals surface area contributed by atoms with Crippen LogP contribution in [-0.4, -0.2) is 10.9 Å². The Hall–Kier alpha value is -1.86. The van der Waals surface area contributed by atoms with Crippen molar-refractivity contribution in [2.45, 2.75) is 13.8 Å². The molecule has 0 saturated carbocycles. The third-order valence-corrected chi connectivity index (χ3v) is 3.39. The number of benzene rings is 1. The van der Waals surface area contributed by atoms with Crippen molar-refractivity contribution in [2.24, 2.45) is 5.41 Å². The van der Waals surface area contributed by atoms with Crippen molar-refractivity contribution in [3.63, 3.8) is 0 Å². The average molecular weight is 244 g/mol. The van der Waals surface area contributed by atoms with Crippen molar-refractivity contribution < 1.29 is 4.79 Å². The first-order valence-corrected chi connectivity index (χ1v) is 5.99. The molecule has 0 radical (unpaired) electrons. The van der Waals surface area contributed by atoms with E-state index in [1.807, 2.05) is 24.3 Å². The zero-order valence-electron chi connectivity index (χ0n) is 9.65. The van der Waals surface area contributed by atoms with Crippen molar-refractivity contribution >= 4 is 32.6 Å². The molecule has 0 atom stereocenters. The Balaban J connectivity index is 2.25. The summed E-state index contributed by atoms with van der Waals surface area (Å²) in [5.74, 6) is 2.25. The van der Waals surface area contributed by atoms with E-state index in [4.69, 9.17) is 6.42 Å². The van der Waals surface area contributed by atoms with Crippen LogP contribution < -0.4 is 5.32 Å². The van der Waals surface area contributed by atoms with Crippen molar-refractivity contribution in [3.05, 3.63) is 24.3 Å². The molecule has 0 bridgehead atoms. The summed E-state index contributed by atoms with van der Waals surface area (Å²) in [5.41, 5.74) is 0.0593. The highest BCUT2D eigenvalue weighted by Crippen LogP contribution is 2.26. The Morgan fingerprint density at radius 1 is 1.47 bits per heavy atom. The maximum absolute atomic E-state index is 11.9. The molecule has 0 aliphatic heterocycles. The summed E-state index contributed by atoms with van der Waals surface area (Å²) in [6.07, 6.45) is 5.31. The second-order valence-corrected chi connectivity index (χ2v) is 5.24. The van der Waals surface area contributed by atoms with Gasteiger partial charge in [-0.05, 0) is 26.0 Å². The number of nitrogens with zero attached hydrogens (tertiary/aromatic N) is 1. The molecule has 0 spiro atoms. The number of amides is 1. The largest absolute Gasteiger partial charge is 0.301 e. The molecule has 0 aliphatic rings. The maximum atomic E-state index is 11.9. The standard InChI is InChI=1S/C13H12N2OS/c1-4-13(2,3)11(16)15-12-14-9-7-5-6-8-10(9)17-12/h1,5-8H,2-3H3,(H,14,15,16). The number of terminal acetylenes is 1. The SMILES string of the molecule is C#CC(C)(C)C(=O)Nc1nc2ccccc2s1. The van der Waals surface area contributed by atoms with E-state index in [0.717, 1.165) is 10.2 Å². The summed E-state index contributed by atoms with van der Waals surface area (Å²) >= 11 is 1.44. The van der Waals surface area contributed by atoms with Gasteiger partial charge >= 0.3 is 0 Å². The van der Waals surface area contributed by atoms with Crippen LogP contribution in [0.2, 0.25) is 0 Å². The number of fused-ring (bicyclic) bond motifs is 1. The predicted molar refractivity (Wildman–Crippen MR) is 70.9 cm³/mol. The van der Waals surface area contributed by atoms with Crippen LogP contribution in [0.1, 0.15) is 13.8 Å². The molecule has 86 valence electrons. The molecule has 1 N–H and O–H groups in total. The summed E-state index contributed by atoms with van der Waals surface area (Å²) in [6.45, 7) is 3.41. The van der Waals surface area contributed by atoms with Gasteiger partial charge in [0.15, 0.2) is 5.13 Å². The molecule has 1 heterocycles. The predicted octanol–water partition coefficient (Wildman–Crippen LogP) is 2.89. The number of carbonyl (C=O) groups excluding carboxylic acids is 1. The van der Waals surface area contributed by atoms with Gasteiger partial charge in [-0.2, -0.15) is 0 Å². The Labute approximate surface area is 104 Å². The van der Waals surface area contributed by atoms with Gasteiger partial charge in [0.1, 0.15) is 5.41 Å². The summed E-state index contributed by atoms with van der Waals surface area (Å²) in [4.78, 5) is 16.2. The van der Waals surface area contributed by atoms with Crippen LogP contribution in [0.4, 0.5) is 5.13 Å². The van der Waals surface area contributed by atoms with Gasteiger partial charge < -0.3 is 5.32 Å². The third-order valence-electron chi connectivity index (χ3n) is 2.44. The number of aromatic nitrogens is 1. The normalized spacial score (nSPS) is 11.1. The van der Waals surface area contributed by atoms with Crippen LogP contribution in [0.25, 0.3) is 10.2 Å². The van der Waals surface area contributed by atoms with Crippen LogP contribution >= 0.6 is 11.3 Å². The summed E-state index contributed by atoms with van der Waals surface area (Å²) in [7, 11) is 0. The van der Waals surface area contributed by atoms with Crippen LogP contribution in [0, 0.1) is 17.8 Å². The van der Waals surface area contributed by atoms with E-state index in [9.17, 15) is 4.79 Å². The Morgan fingerprint density at radius 2 is 2.18 bits per heavy atom. The Morgan fingerprint density at radius 3 is 2.82 bits per heavy atom. The third kappa shape index (κ3) is 2.29. The first-order chi connectivity index (χ1) is 8.03. The maximum Gasteiger partial charge on any atom is 0.243 e. The number of thiazole rings is 1. The van der Waals surface area contributed by atoms with Crippen LogP contribution in [0.15, 0.2) is 24.3 Å². The minimum absolute atomic E-state index is 0.209. The van der Waals surface area contributed by atoms with E-state index in [2.05, 4.69) is 16.2 Å². The highest BCUT2D eigenvalue weighted by molar-refractivity contribution is 7.22. The quantitative estimate of drug-likeness (QED) is 0.825. The molecule has 0 aliphatic carbocycles. The van der Waals surface area contributed by atoms with Crippen molar-refractivity contribution in [1.29, 1.82) is 0 Å². The van der Waals surface area contributed by atoms with E-state index in [1.165, 1.54) is 11.3 Å². The minimum atomic E-state index is -0.822. The number of hydrogen-bond acceptors (Lipinski definition) is 3. The van der Waals surface area contributed by atoms with Gasteiger partial charge in [-0.3, -0.25) is 4.79 Å². The molecule has 4 heteroatoms. The molecule has 1 amide bonds. The van der Waals surface area contributed by atoms with E-state index in [1.54, 1.807) is 13.8 Å². The number of rotatable bonds is 2. The van der Waals surface area contributed by atoms with Crippen molar-refractivity contribution in [3.8, 4) is 12.3 Å². The molecular formula is C13H12N2OS. The lowest BCUT2D eigenvalue weighted by Gasteiger charge is -2.14. The van der Waals surface area contributed by atoms with E-state index in [-0.39, 0.29) is 5.91 Å². The van der Waals surface area contributed by atoms with Gasteiger partial charge in [-0.1, -0.05) is 29.4 Å². The number of para-hydroxylation sites is 1. The van der Waals surface area contributed by atoms with Gasteiger partial charge in [0, 0.05) is 0 Å². The summed E-state index contributed by atoms with van der Waals surface area (Å²) in [6, 6.07) is 7.74. The van der Waals surface area contributed by atoms with Gasteiger partial charge in [0.25, 0.3) is 0 Å². The van der Waals surface area contributed by atoms with E-state index < -0.39 is 5.41 Å². The molecule has 0 fully saturated rings. The fourth-order valence-electron chi connectivity index (χ4n) is 1.24. The Bertz CT molecular complexity index is 574. The fraction of sp³-hybridized carbons (Fsp3) is 0.231. The van der Waals surface area contributed by atoms with Gasteiger partial charge in [0.05, 0.1) is 10.2 Å². The van der Waals surface area contributed by atoms with Crippen LogP contribution in [0.5, 0.6) is 0 Å². The topological polar surface area (TPSA) is 42.0 Å². The van der Waals surface area contributed by atoms with Gasteiger partial charge in [-0.25, -0.2) is 4.98 Å². The summed E-state index contributed by atoms with van der Waals surface area (Å²) in [5, 5.41) is 3.33. The fourth-order valence-corrected chi connectivity index (χ4v) is 2.11. The molecule has 0 unspecified atom stereocenters. The highest BCUT2D eigenvalue weighted by atomic mass is 32.1. The lowest BCUT2D eigenvalue weighted by Crippen LogP contribution is -2.29. The van der Waals surface area contributed by atoms with Crippen molar-refractivity contribution in [2.75, 3.05) is 5.32 Å². The molecular weight excluding hydrogens is 232 g/mol. The first-order valence-electron chi connectivity index (χ1n) is 5.18. The lowest BCUT2D eigenvalue weighted by atomic mass is 9.94. The number of anilines is 1. The van der Waals surface area contributed by atoms with E-state index >= 15 is 0 Å². The number of carbonyl (C=O) groups is 1. The molecule has 3 nitrogen and oxygen atoms in total. The first kappa shape index (κ1) is 11.6. The van der Waals surface area contributed by atoms with E-state index in [0.29, 0.717) is 5.13 Å². The number of nitrogens with one attached hydrogen (secondary N) is 1. The van der Waals surface area contributed by atoms with Gasteiger partial charge in [-0.15, -0.1) is 6.42 Å². The molecule has 2 aromatic rings. The highest BCUT2D eigenvalue weighted by Gasteiger charge is 2.25. The number of hydrogen-bond donors (Lipinski definition) is 1. The van der Waals surface area contributed by atoms with Crippen LogP contribution in [0.3, 0.4) is 0 Å². The smallest absolute Gasteiger partial charge is 0.243 e. The molecule has 0 saturated heterocycles. The Kier molecular flexibility index (Phi) is 2.86. The summed E-state index contributed by atoms with van der Waals surface area (Å²) < 4.78 is 1.04. The average Bonchev–Trinajstić information content (AvgIpc) is 2.70. The lowest BCUT2D eigenvalue weighted by molar-refractivity contribution is -0.121. The molecule has 2 rings (SSSR count). The second-order valence-electron chi connectivity index (χ2n) is 4.21. The minimum Gasteiger partial charge on any atom is -0.301 e.